The Morgan fingerprint density at radius 2 is 2.05 bits per heavy atom. The quantitative estimate of drug-likeness (QED) is 0.916. The number of benzene rings is 1. The lowest BCUT2D eigenvalue weighted by Crippen LogP contribution is -2.32. The molecule has 0 spiro atoms. The number of hydrogen-bond acceptors (Lipinski definition) is 4. The first-order valence-electron chi connectivity index (χ1n) is 6.58. The average Bonchev–Trinajstić information content (AvgIpc) is 2.49. The van der Waals surface area contributed by atoms with E-state index in [1.165, 1.54) is 30.6 Å². The molecule has 2 aromatic rings. The highest BCUT2D eigenvalue weighted by molar-refractivity contribution is 5.92. The van der Waals surface area contributed by atoms with Gasteiger partial charge in [-0.05, 0) is 44.3 Å². The molecule has 0 aliphatic rings. The smallest absolute Gasteiger partial charge is 0.238 e. The zero-order valence-electron chi connectivity index (χ0n) is 12.0. The number of aromatic nitrogens is 2. The third-order valence-electron chi connectivity index (χ3n) is 3.22. The number of rotatable bonds is 5. The summed E-state index contributed by atoms with van der Waals surface area (Å²) in [6.07, 6.45) is 3.16. The Bertz CT molecular complexity index is 588. The number of halogens is 1. The fourth-order valence-corrected chi connectivity index (χ4v) is 1.87. The van der Waals surface area contributed by atoms with Crippen LogP contribution in [0.25, 0.3) is 0 Å². The Morgan fingerprint density at radius 3 is 2.67 bits per heavy atom. The van der Waals surface area contributed by atoms with Gasteiger partial charge >= 0.3 is 0 Å². The Morgan fingerprint density at radius 1 is 1.33 bits per heavy atom. The predicted molar refractivity (Wildman–Crippen MR) is 78.1 cm³/mol. The molecule has 1 heterocycles. The standard InChI is InChI=1S/C15H17FN4O/c1-11(14-7-8-17-10-18-14)20(2)9-15(21)19-13-5-3-12(16)4-6-13/h3-8,10-11H,9H2,1-2H3,(H,19,21)/t11-/m1/s1. The topological polar surface area (TPSA) is 58.1 Å². The lowest BCUT2D eigenvalue weighted by Gasteiger charge is -2.23. The van der Waals surface area contributed by atoms with Crippen molar-refractivity contribution in [2.45, 2.75) is 13.0 Å². The number of hydrogen-bond donors (Lipinski definition) is 1. The number of anilines is 1. The zero-order valence-corrected chi connectivity index (χ0v) is 12.0. The number of carbonyl (C=O) groups excluding carboxylic acids is 1. The van der Waals surface area contributed by atoms with Crippen molar-refractivity contribution >= 4 is 11.6 Å². The van der Waals surface area contributed by atoms with Crippen molar-refractivity contribution in [3.05, 3.63) is 54.4 Å². The van der Waals surface area contributed by atoms with Gasteiger partial charge in [0.15, 0.2) is 0 Å². The van der Waals surface area contributed by atoms with E-state index in [2.05, 4.69) is 15.3 Å². The first-order chi connectivity index (χ1) is 10.1. The van der Waals surface area contributed by atoms with Gasteiger partial charge in [0.05, 0.1) is 12.2 Å². The minimum Gasteiger partial charge on any atom is -0.325 e. The van der Waals surface area contributed by atoms with Gasteiger partial charge in [-0.2, -0.15) is 0 Å². The molecule has 21 heavy (non-hydrogen) atoms. The molecule has 0 aliphatic heterocycles. The van der Waals surface area contributed by atoms with Crippen LogP contribution in [0.3, 0.4) is 0 Å². The van der Waals surface area contributed by atoms with Gasteiger partial charge in [0.2, 0.25) is 5.91 Å². The first-order valence-corrected chi connectivity index (χ1v) is 6.58. The molecule has 1 aromatic carbocycles. The van der Waals surface area contributed by atoms with E-state index in [0.29, 0.717) is 5.69 Å². The molecule has 6 heteroatoms. The van der Waals surface area contributed by atoms with Crippen LogP contribution in [-0.2, 0) is 4.79 Å². The summed E-state index contributed by atoms with van der Waals surface area (Å²) >= 11 is 0. The molecule has 5 nitrogen and oxygen atoms in total. The second-order valence-corrected chi connectivity index (χ2v) is 4.78. The Kier molecular flexibility index (Phi) is 4.94. The summed E-state index contributed by atoms with van der Waals surface area (Å²) in [5.41, 5.74) is 1.42. The second-order valence-electron chi connectivity index (χ2n) is 4.78. The van der Waals surface area contributed by atoms with Gasteiger partial charge in [-0.1, -0.05) is 0 Å². The van der Waals surface area contributed by atoms with E-state index in [1.54, 1.807) is 6.20 Å². The van der Waals surface area contributed by atoms with Gasteiger partial charge in [-0.25, -0.2) is 14.4 Å². The molecule has 0 saturated heterocycles. The van der Waals surface area contributed by atoms with E-state index in [0.717, 1.165) is 5.69 Å². The van der Waals surface area contributed by atoms with Crippen molar-refractivity contribution < 1.29 is 9.18 Å². The van der Waals surface area contributed by atoms with Gasteiger partial charge in [0, 0.05) is 17.9 Å². The molecule has 0 aliphatic carbocycles. The summed E-state index contributed by atoms with van der Waals surface area (Å²) in [5, 5.41) is 2.73. The molecule has 1 amide bonds. The van der Waals surface area contributed by atoms with Crippen LogP contribution in [0.1, 0.15) is 18.7 Å². The van der Waals surface area contributed by atoms with E-state index in [4.69, 9.17) is 0 Å². The molecular weight excluding hydrogens is 271 g/mol. The van der Waals surface area contributed by atoms with Crippen molar-refractivity contribution in [2.75, 3.05) is 18.9 Å². The highest BCUT2D eigenvalue weighted by Gasteiger charge is 2.15. The molecule has 0 unspecified atom stereocenters. The number of carbonyl (C=O) groups is 1. The minimum absolute atomic E-state index is 0.00744. The number of likely N-dealkylation sites (N-methyl/N-ethyl adjacent to an activating group) is 1. The summed E-state index contributed by atoms with van der Waals surface area (Å²) in [6, 6.07) is 7.49. The number of nitrogens with one attached hydrogen (secondary N) is 1. The largest absolute Gasteiger partial charge is 0.325 e. The Balaban J connectivity index is 1.91. The fourth-order valence-electron chi connectivity index (χ4n) is 1.87. The molecule has 0 bridgehead atoms. The highest BCUT2D eigenvalue weighted by atomic mass is 19.1. The third-order valence-corrected chi connectivity index (χ3v) is 3.22. The van der Waals surface area contributed by atoms with E-state index in [1.807, 2.05) is 24.9 Å². The third kappa shape index (κ3) is 4.32. The van der Waals surface area contributed by atoms with Crippen LogP contribution in [-0.4, -0.2) is 34.4 Å². The maximum Gasteiger partial charge on any atom is 0.238 e. The maximum absolute atomic E-state index is 12.8. The Labute approximate surface area is 122 Å². The lowest BCUT2D eigenvalue weighted by atomic mass is 10.2. The molecular formula is C15H17FN4O. The molecule has 1 N–H and O–H groups in total. The summed E-state index contributed by atoms with van der Waals surface area (Å²) in [7, 11) is 1.84. The van der Waals surface area contributed by atoms with Crippen LogP contribution in [0, 0.1) is 5.82 Å². The van der Waals surface area contributed by atoms with Crippen molar-refractivity contribution in [1.82, 2.24) is 14.9 Å². The van der Waals surface area contributed by atoms with E-state index >= 15 is 0 Å². The summed E-state index contributed by atoms with van der Waals surface area (Å²) < 4.78 is 12.8. The minimum atomic E-state index is -0.331. The first kappa shape index (κ1) is 15.1. The predicted octanol–water partition coefficient (Wildman–Crippen LogP) is 2.25. The fraction of sp³-hybridized carbons (Fsp3) is 0.267. The monoisotopic (exact) mass is 288 g/mol. The van der Waals surface area contributed by atoms with Gasteiger partial charge in [0.25, 0.3) is 0 Å². The molecule has 2 rings (SSSR count). The van der Waals surface area contributed by atoms with Crippen molar-refractivity contribution in [3.63, 3.8) is 0 Å². The second kappa shape index (κ2) is 6.90. The van der Waals surface area contributed by atoms with E-state index in [9.17, 15) is 9.18 Å². The lowest BCUT2D eigenvalue weighted by molar-refractivity contribution is -0.117. The zero-order chi connectivity index (χ0) is 15.2. The number of nitrogens with zero attached hydrogens (tertiary/aromatic N) is 3. The summed E-state index contributed by atoms with van der Waals surface area (Å²) in [6.45, 7) is 2.18. The van der Waals surface area contributed by atoms with Gasteiger partial charge in [-0.3, -0.25) is 9.69 Å². The van der Waals surface area contributed by atoms with Gasteiger partial charge < -0.3 is 5.32 Å². The van der Waals surface area contributed by atoms with Crippen molar-refractivity contribution in [3.8, 4) is 0 Å². The van der Waals surface area contributed by atoms with Crippen LogP contribution in [0.5, 0.6) is 0 Å². The molecule has 1 atom stereocenters. The average molecular weight is 288 g/mol. The van der Waals surface area contributed by atoms with Crippen molar-refractivity contribution in [1.29, 1.82) is 0 Å². The molecule has 0 saturated carbocycles. The summed E-state index contributed by atoms with van der Waals surface area (Å²) in [5.74, 6) is -0.493. The van der Waals surface area contributed by atoms with Crippen molar-refractivity contribution in [2.24, 2.45) is 0 Å². The van der Waals surface area contributed by atoms with Gasteiger partial charge in [-0.15, -0.1) is 0 Å². The highest BCUT2D eigenvalue weighted by Crippen LogP contribution is 2.15. The SMILES string of the molecule is C[C@H](c1ccncn1)N(C)CC(=O)Nc1ccc(F)cc1. The van der Waals surface area contributed by atoms with Crippen LogP contribution in [0.15, 0.2) is 42.9 Å². The molecule has 110 valence electrons. The van der Waals surface area contributed by atoms with Crippen LogP contribution >= 0.6 is 0 Å². The van der Waals surface area contributed by atoms with E-state index in [-0.39, 0.29) is 24.3 Å². The van der Waals surface area contributed by atoms with Gasteiger partial charge in [0.1, 0.15) is 12.1 Å². The Hall–Kier alpha value is -2.34. The number of amides is 1. The molecule has 1 aromatic heterocycles. The van der Waals surface area contributed by atoms with E-state index < -0.39 is 0 Å². The molecule has 0 fully saturated rings. The van der Waals surface area contributed by atoms with Crippen LogP contribution in [0.4, 0.5) is 10.1 Å². The maximum atomic E-state index is 12.8. The van der Waals surface area contributed by atoms with Crippen LogP contribution in [0.2, 0.25) is 0 Å². The molecule has 0 radical (unpaired) electrons. The summed E-state index contributed by atoms with van der Waals surface area (Å²) in [4.78, 5) is 21.9. The van der Waals surface area contributed by atoms with Crippen LogP contribution < -0.4 is 5.32 Å². The normalized spacial score (nSPS) is 12.2.